The quantitative estimate of drug-likeness (QED) is 0.837. The monoisotopic (exact) mass is 294 g/mol. The Hall–Kier alpha value is -1.81. The fourth-order valence-corrected chi connectivity index (χ4v) is 1.89. The summed E-state index contributed by atoms with van der Waals surface area (Å²) in [5.74, 6) is -0.925. The lowest BCUT2D eigenvalue weighted by atomic mass is 9.86. The van der Waals surface area contributed by atoms with E-state index in [2.05, 4.69) is 5.32 Å². The van der Waals surface area contributed by atoms with Crippen LogP contribution >= 0.6 is 11.6 Å². The van der Waals surface area contributed by atoms with Gasteiger partial charge < -0.3 is 11.1 Å². The smallest absolute Gasteiger partial charge is 0.244 e. The van der Waals surface area contributed by atoms with Gasteiger partial charge in [0.2, 0.25) is 11.8 Å². The van der Waals surface area contributed by atoms with Gasteiger partial charge in [-0.05, 0) is 29.2 Å². The van der Waals surface area contributed by atoms with Crippen molar-refractivity contribution in [2.75, 3.05) is 0 Å². The molecule has 20 heavy (non-hydrogen) atoms. The number of carbonyl (C=O) groups is 2. The van der Waals surface area contributed by atoms with Crippen LogP contribution in [0.5, 0.6) is 0 Å². The highest BCUT2D eigenvalue weighted by Crippen LogP contribution is 2.19. The highest BCUT2D eigenvalue weighted by molar-refractivity contribution is 6.30. The maximum absolute atomic E-state index is 11.8. The van der Waals surface area contributed by atoms with Crippen molar-refractivity contribution in [2.45, 2.75) is 26.8 Å². The lowest BCUT2D eigenvalue weighted by molar-refractivity contribution is -0.127. The van der Waals surface area contributed by atoms with Gasteiger partial charge in [0.15, 0.2) is 0 Å². The molecule has 0 aromatic heterocycles. The molecule has 0 unspecified atom stereocenters. The molecule has 0 saturated carbocycles. The van der Waals surface area contributed by atoms with E-state index in [0.29, 0.717) is 5.02 Å². The van der Waals surface area contributed by atoms with Crippen LogP contribution in [0, 0.1) is 5.41 Å². The van der Waals surface area contributed by atoms with Crippen LogP contribution in [0.15, 0.2) is 30.3 Å². The minimum absolute atomic E-state index is 0.372. The Bertz CT molecular complexity index is 533. The van der Waals surface area contributed by atoms with Gasteiger partial charge >= 0.3 is 0 Å². The average molecular weight is 295 g/mol. The highest BCUT2D eigenvalue weighted by atomic mass is 35.5. The summed E-state index contributed by atoms with van der Waals surface area (Å²) in [7, 11) is 0. The molecule has 4 nitrogen and oxygen atoms in total. The van der Waals surface area contributed by atoms with Gasteiger partial charge in [0.25, 0.3) is 0 Å². The topological polar surface area (TPSA) is 72.2 Å². The summed E-state index contributed by atoms with van der Waals surface area (Å²) in [4.78, 5) is 23.2. The number of nitrogens with one attached hydrogen (secondary N) is 1. The van der Waals surface area contributed by atoms with Gasteiger partial charge in [-0.15, -0.1) is 0 Å². The van der Waals surface area contributed by atoms with E-state index in [-0.39, 0.29) is 5.91 Å². The van der Waals surface area contributed by atoms with Crippen molar-refractivity contribution in [1.29, 1.82) is 0 Å². The molecule has 0 aliphatic rings. The van der Waals surface area contributed by atoms with Crippen molar-refractivity contribution in [1.82, 2.24) is 5.32 Å². The Kier molecular flexibility index (Phi) is 5.34. The van der Waals surface area contributed by atoms with Gasteiger partial charge in [-0.25, -0.2) is 0 Å². The zero-order valence-corrected chi connectivity index (χ0v) is 12.6. The number of amides is 2. The molecule has 0 aliphatic heterocycles. The van der Waals surface area contributed by atoms with Crippen molar-refractivity contribution in [3.63, 3.8) is 0 Å². The first-order valence-corrected chi connectivity index (χ1v) is 6.61. The largest absolute Gasteiger partial charge is 0.368 e. The number of hydrogen-bond donors (Lipinski definition) is 2. The van der Waals surface area contributed by atoms with E-state index in [1.165, 1.54) is 6.08 Å². The lowest BCUT2D eigenvalue weighted by Gasteiger charge is -2.28. The van der Waals surface area contributed by atoms with Crippen molar-refractivity contribution in [3.8, 4) is 0 Å². The minimum Gasteiger partial charge on any atom is -0.368 e. The summed E-state index contributed by atoms with van der Waals surface area (Å²) in [6.45, 7) is 5.51. The van der Waals surface area contributed by atoms with E-state index in [1.807, 2.05) is 26.8 Å². The summed E-state index contributed by atoms with van der Waals surface area (Å²) in [6.07, 6.45) is 2.98. The molecule has 2 amide bonds. The maximum atomic E-state index is 11.8. The van der Waals surface area contributed by atoms with E-state index in [9.17, 15) is 9.59 Å². The molecule has 0 radical (unpaired) electrons. The lowest BCUT2D eigenvalue weighted by Crippen LogP contribution is -2.51. The molecule has 0 saturated heterocycles. The Morgan fingerprint density at radius 1 is 1.35 bits per heavy atom. The van der Waals surface area contributed by atoms with Crippen LogP contribution in [-0.2, 0) is 9.59 Å². The number of benzene rings is 1. The molecule has 1 aromatic rings. The first-order chi connectivity index (χ1) is 9.20. The van der Waals surface area contributed by atoms with E-state index >= 15 is 0 Å². The zero-order chi connectivity index (χ0) is 15.3. The Morgan fingerprint density at radius 2 is 2.00 bits per heavy atom. The number of hydrogen-bond acceptors (Lipinski definition) is 2. The first-order valence-electron chi connectivity index (χ1n) is 6.23. The Morgan fingerprint density at radius 3 is 2.50 bits per heavy atom. The molecule has 0 spiro atoms. The summed E-state index contributed by atoms with van der Waals surface area (Å²) in [5, 5.41) is 3.20. The van der Waals surface area contributed by atoms with Gasteiger partial charge in [0, 0.05) is 11.1 Å². The van der Waals surface area contributed by atoms with Crippen LogP contribution in [0.1, 0.15) is 26.3 Å². The van der Waals surface area contributed by atoms with E-state index in [1.54, 1.807) is 24.3 Å². The van der Waals surface area contributed by atoms with Crippen molar-refractivity contribution in [2.24, 2.45) is 11.1 Å². The average Bonchev–Trinajstić information content (AvgIpc) is 2.31. The molecule has 3 N–H and O–H groups in total. The molecule has 108 valence electrons. The molecule has 1 atom stereocenters. The second-order valence-electron chi connectivity index (χ2n) is 5.60. The Labute approximate surface area is 124 Å². The number of carbonyl (C=O) groups excluding carboxylic acids is 2. The van der Waals surface area contributed by atoms with Crippen LogP contribution in [0.3, 0.4) is 0 Å². The third kappa shape index (κ3) is 5.05. The third-order valence-corrected chi connectivity index (χ3v) is 2.95. The molecule has 0 fully saturated rings. The Balaban J connectivity index is 2.74. The van der Waals surface area contributed by atoms with E-state index in [4.69, 9.17) is 17.3 Å². The van der Waals surface area contributed by atoms with Crippen molar-refractivity contribution >= 4 is 29.5 Å². The number of rotatable bonds is 4. The molecule has 5 heteroatoms. The molecular weight excluding hydrogens is 276 g/mol. The van der Waals surface area contributed by atoms with Crippen LogP contribution in [0.4, 0.5) is 0 Å². The molecular formula is C15H19ClN2O2. The van der Waals surface area contributed by atoms with Crippen LogP contribution in [0.2, 0.25) is 5.02 Å². The SMILES string of the molecule is CC(C)(C)[C@@H](NC(=O)/C=C\c1cccc(Cl)c1)C(N)=O. The predicted molar refractivity (Wildman–Crippen MR) is 81.1 cm³/mol. The predicted octanol–water partition coefficient (Wildman–Crippen LogP) is 2.37. The van der Waals surface area contributed by atoms with E-state index < -0.39 is 17.4 Å². The number of primary amides is 1. The zero-order valence-electron chi connectivity index (χ0n) is 11.8. The molecule has 0 aliphatic carbocycles. The van der Waals surface area contributed by atoms with Crippen molar-refractivity contribution in [3.05, 3.63) is 40.9 Å². The van der Waals surface area contributed by atoms with Crippen LogP contribution in [-0.4, -0.2) is 17.9 Å². The molecule has 0 heterocycles. The van der Waals surface area contributed by atoms with Gasteiger partial charge in [0.1, 0.15) is 6.04 Å². The second kappa shape index (κ2) is 6.57. The van der Waals surface area contributed by atoms with Gasteiger partial charge in [0.05, 0.1) is 0 Å². The van der Waals surface area contributed by atoms with Gasteiger partial charge in [-0.3, -0.25) is 9.59 Å². The third-order valence-electron chi connectivity index (χ3n) is 2.71. The summed E-state index contributed by atoms with van der Waals surface area (Å²) in [5.41, 5.74) is 5.67. The fourth-order valence-electron chi connectivity index (χ4n) is 1.69. The van der Waals surface area contributed by atoms with Crippen LogP contribution < -0.4 is 11.1 Å². The fraction of sp³-hybridized carbons (Fsp3) is 0.333. The van der Waals surface area contributed by atoms with Gasteiger partial charge in [-0.1, -0.05) is 44.5 Å². The standard InChI is InChI=1S/C15H19ClN2O2/c1-15(2,3)13(14(17)20)18-12(19)8-7-10-5-4-6-11(16)9-10/h4-9,13H,1-3H3,(H2,17,20)(H,18,19)/b8-7-/t13-/m0/s1. The first kappa shape index (κ1) is 16.2. The molecule has 0 bridgehead atoms. The molecule has 1 rings (SSSR count). The second-order valence-corrected chi connectivity index (χ2v) is 6.03. The van der Waals surface area contributed by atoms with E-state index in [0.717, 1.165) is 5.56 Å². The maximum Gasteiger partial charge on any atom is 0.244 e. The van der Waals surface area contributed by atoms with Crippen molar-refractivity contribution < 1.29 is 9.59 Å². The number of halogens is 1. The number of nitrogens with two attached hydrogens (primary N) is 1. The molecule has 1 aromatic carbocycles. The summed E-state index contributed by atoms with van der Waals surface area (Å²) in [6, 6.07) is 6.38. The van der Waals surface area contributed by atoms with Gasteiger partial charge in [-0.2, -0.15) is 0 Å². The highest BCUT2D eigenvalue weighted by Gasteiger charge is 2.30. The summed E-state index contributed by atoms with van der Waals surface area (Å²) >= 11 is 5.85. The van der Waals surface area contributed by atoms with Crippen LogP contribution in [0.25, 0.3) is 6.08 Å². The summed E-state index contributed by atoms with van der Waals surface area (Å²) < 4.78 is 0. The minimum atomic E-state index is -0.723. The normalized spacial score (nSPS) is 13.2.